The Kier molecular flexibility index (Phi) is 3.28. The molecule has 0 bridgehead atoms. The second-order valence-corrected chi connectivity index (χ2v) is 4.84. The average molecular weight is 277 g/mol. The van der Waals surface area contributed by atoms with E-state index in [4.69, 9.17) is 5.73 Å². The fraction of sp³-hybridized carbons (Fsp3) is 0.0588. The minimum atomic E-state index is -0.164. The number of hydrogen-bond donors (Lipinski definition) is 1. The van der Waals surface area contributed by atoms with Crippen LogP contribution in [0.4, 0.5) is 5.95 Å². The van der Waals surface area contributed by atoms with E-state index < -0.39 is 0 Å². The number of nitrogens with zero attached hydrogens (tertiary/aromatic N) is 2. The van der Waals surface area contributed by atoms with Crippen LogP contribution in [0.25, 0.3) is 22.4 Å². The van der Waals surface area contributed by atoms with Gasteiger partial charge in [-0.25, -0.2) is 4.98 Å². The van der Waals surface area contributed by atoms with Gasteiger partial charge in [-0.2, -0.15) is 0 Å². The molecule has 1 heterocycles. The van der Waals surface area contributed by atoms with Gasteiger partial charge >= 0.3 is 0 Å². The number of nitrogen functional groups attached to an aromatic ring is 1. The molecule has 0 saturated heterocycles. The third kappa shape index (κ3) is 2.56. The molecule has 2 aromatic carbocycles. The molecule has 4 nitrogen and oxygen atoms in total. The Morgan fingerprint density at radius 1 is 0.905 bits per heavy atom. The van der Waals surface area contributed by atoms with Crippen LogP contribution in [-0.2, 0) is 7.05 Å². The molecule has 0 amide bonds. The van der Waals surface area contributed by atoms with E-state index in [1.165, 1.54) is 10.6 Å². The Morgan fingerprint density at radius 3 is 2.29 bits per heavy atom. The molecule has 0 aliphatic rings. The van der Waals surface area contributed by atoms with Crippen LogP contribution in [0.1, 0.15) is 0 Å². The van der Waals surface area contributed by atoms with Crippen molar-refractivity contribution in [2.75, 3.05) is 5.73 Å². The van der Waals surface area contributed by atoms with Crippen LogP contribution < -0.4 is 11.3 Å². The summed E-state index contributed by atoms with van der Waals surface area (Å²) >= 11 is 0. The Labute approximate surface area is 122 Å². The lowest BCUT2D eigenvalue weighted by molar-refractivity contribution is 0.845. The van der Waals surface area contributed by atoms with Crippen LogP contribution in [0.5, 0.6) is 0 Å². The highest BCUT2D eigenvalue weighted by Gasteiger charge is 2.06. The lowest BCUT2D eigenvalue weighted by atomic mass is 10.0. The van der Waals surface area contributed by atoms with E-state index in [1.54, 1.807) is 7.05 Å². The highest BCUT2D eigenvalue weighted by atomic mass is 16.1. The summed E-state index contributed by atoms with van der Waals surface area (Å²) in [5.74, 6) is 0.211. The second kappa shape index (κ2) is 5.25. The molecule has 3 rings (SSSR count). The van der Waals surface area contributed by atoms with Gasteiger partial charge in [-0.3, -0.25) is 9.36 Å². The van der Waals surface area contributed by atoms with E-state index in [1.807, 2.05) is 54.6 Å². The summed E-state index contributed by atoms with van der Waals surface area (Å²) in [4.78, 5) is 16.1. The van der Waals surface area contributed by atoms with Gasteiger partial charge in [0.2, 0.25) is 5.95 Å². The smallest absolute Gasteiger partial charge is 0.255 e. The van der Waals surface area contributed by atoms with Crippen molar-refractivity contribution in [1.29, 1.82) is 0 Å². The molecule has 2 N–H and O–H groups in total. The lowest BCUT2D eigenvalue weighted by Crippen LogP contribution is -2.20. The molecule has 1 aromatic heterocycles. The number of aromatic nitrogens is 2. The summed E-state index contributed by atoms with van der Waals surface area (Å²) in [5, 5.41) is 0. The molecule has 3 aromatic rings. The molecular weight excluding hydrogens is 262 g/mol. The van der Waals surface area contributed by atoms with Gasteiger partial charge in [-0.05, 0) is 17.2 Å². The van der Waals surface area contributed by atoms with Crippen molar-refractivity contribution in [3.63, 3.8) is 0 Å². The van der Waals surface area contributed by atoms with Crippen molar-refractivity contribution in [3.8, 4) is 22.4 Å². The first-order valence-electron chi connectivity index (χ1n) is 6.64. The van der Waals surface area contributed by atoms with Crippen LogP contribution in [0.3, 0.4) is 0 Å². The van der Waals surface area contributed by atoms with E-state index in [9.17, 15) is 4.79 Å². The second-order valence-electron chi connectivity index (χ2n) is 4.84. The highest BCUT2D eigenvalue weighted by Crippen LogP contribution is 2.24. The normalized spacial score (nSPS) is 10.5. The molecule has 104 valence electrons. The maximum atomic E-state index is 11.8. The number of anilines is 1. The van der Waals surface area contributed by atoms with Gasteiger partial charge in [-0.1, -0.05) is 48.5 Å². The average Bonchev–Trinajstić information content (AvgIpc) is 2.53. The predicted octanol–water partition coefficient (Wildman–Crippen LogP) is 2.70. The van der Waals surface area contributed by atoms with Crippen LogP contribution in [0.2, 0.25) is 0 Å². The first-order valence-corrected chi connectivity index (χ1v) is 6.64. The lowest BCUT2D eigenvalue weighted by Gasteiger charge is -2.07. The standard InChI is InChI=1S/C17H15N3O/c1-20-16(21)11-15(19-17(20)18)14-9-5-8-13(10-14)12-6-3-2-4-7-12/h2-11H,1H3,(H2,18,19). The monoisotopic (exact) mass is 277 g/mol. The molecule has 0 spiro atoms. The van der Waals surface area contributed by atoms with Gasteiger partial charge in [0.05, 0.1) is 5.69 Å². The van der Waals surface area contributed by atoms with Crippen molar-refractivity contribution in [2.45, 2.75) is 0 Å². The summed E-state index contributed by atoms with van der Waals surface area (Å²) in [6.45, 7) is 0. The quantitative estimate of drug-likeness (QED) is 0.783. The van der Waals surface area contributed by atoms with Crippen molar-refractivity contribution < 1.29 is 0 Å². The summed E-state index contributed by atoms with van der Waals surface area (Å²) in [7, 11) is 1.61. The molecule has 0 radical (unpaired) electrons. The molecule has 0 aliphatic carbocycles. The number of hydrogen-bond acceptors (Lipinski definition) is 3. The van der Waals surface area contributed by atoms with E-state index >= 15 is 0 Å². The zero-order chi connectivity index (χ0) is 14.8. The van der Waals surface area contributed by atoms with Crippen LogP contribution in [-0.4, -0.2) is 9.55 Å². The van der Waals surface area contributed by atoms with E-state index in [2.05, 4.69) is 4.98 Å². The Balaban J connectivity index is 2.11. The molecule has 0 fully saturated rings. The Hall–Kier alpha value is -2.88. The Morgan fingerprint density at radius 2 is 1.57 bits per heavy atom. The number of rotatable bonds is 2. The molecule has 0 unspecified atom stereocenters. The van der Waals surface area contributed by atoms with Gasteiger partial charge in [0.15, 0.2) is 0 Å². The molecule has 4 heteroatoms. The van der Waals surface area contributed by atoms with Gasteiger partial charge in [0.1, 0.15) is 0 Å². The summed E-state index contributed by atoms with van der Waals surface area (Å²) in [6, 6.07) is 19.5. The van der Waals surface area contributed by atoms with Crippen molar-refractivity contribution >= 4 is 5.95 Å². The fourth-order valence-corrected chi connectivity index (χ4v) is 2.19. The van der Waals surface area contributed by atoms with Gasteiger partial charge < -0.3 is 5.73 Å². The van der Waals surface area contributed by atoms with Crippen LogP contribution in [0.15, 0.2) is 65.5 Å². The first-order chi connectivity index (χ1) is 10.1. The zero-order valence-electron chi connectivity index (χ0n) is 11.7. The predicted molar refractivity (Wildman–Crippen MR) is 84.8 cm³/mol. The SMILES string of the molecule is Cn1c(N)nc(-c2cccc(-c3ccccc3)c2)cc1=O. The maximum Gasteiger partial charge on any atom is 0.255 e. The van der Waals surface area contributed by atoms with Crippen molar-refractivity contribution in [2.24, 2.45) is 7.05 Å². The maximum absolute atomic E-state index is 11.8. The third-order valence-electron chi connectivity index (χ3n) is 3.43. The van der Waals surface area contributed by atoms with Crippen molar-refractivity contribution in [3.05, 3.63) is 71.0 Å². The highest BCUT2D eigenvalue weighted by molar-refractivity contribution is 5.71. The summed E-state index contributed by atoms with van der Waals surface area (Å²) < 4.78 is 1.32. The topological polar surface area (TPSA) is 60.9 Å². The minimum absolute atomic E-state index is 0.164. The molecular formula is C17H15N3O. The molecule has 0 atom stereocenters. The molecule has 0 saturated carbocycles. The zero-order valence-corrected chi connectivity index (χ0v) is 11.7. The van der Waals surface area contributed by atoms with Crippen LogP contribution >= 0.6 is 0 Å². The first kappa shape index (κ1) is 13.1. The van der Waals surface area contributed by atoms with Gasteiger partial charge in [-0.15, -0.1) is 0 Å². The number of nitrogens with two attached hydrogens (primary N) is 1. The van der Waals surface area contributed by atoms with Gasteiger partial charge in [0, 0.05) is 18.7 Å². The molecule has 0 aliphatic heterocycles. The van der Waals surface area contributed by atoms with E-state index in [0.717, 1.165) is 16.7 Å². The Bertz CT molecular complexity index is 838. The van der Waals surface area contributed by atoms with Crippen molar-refractivity contribution in [1.82, 2.24) is 9.55 Å². The third-order valence-corrected chi connectivity index (χ3v) is 3.43. The summed E-state index contributed by atoms with van der Waals surface area (Å²) in [5.41, 5.74) is 9.26. The van der Waals surface area contributed by atoms with Gasteiger partial charge in [0.25, 0.3) is 5.56 Å². The number of benzene rings is 2. The van der Waals surface area contributed by atoms with E-state index in [-0.39, 0.29) is 11.5 Å². The van der Waals surface area contributed by atoms with Crippen LogP contribution in [0, 0.1) is 0 Å². The largest absolute Gasteiger partial charge is 0.369 e. The van der Waals surface area contributed by atoms with E-state index in [0.29, 0.717) is 5.69 Å². The fourth-order valence-electron chi connectivity index (χ4n) is 2.19. The summed E-state index contributed by atoms with van der Waals surface area (Å²) in [6.07, 6.45) is 0. The minimum Gasteiger partial charge on any atom is -0.369 e. The molecule has 21 heavy (non-hydrogen) atoms.